The molecule has 0 radical (unpaired) electrons. The molecule has 0 unspecified atom stereocenters. The number of aromatic amines is 2. The van der Waals surface area contributed by atoms with Crippen LogP contribution < -0.4 is 16.3 Å². The maximum Gasteiger partial charge on any atom is 0.323 e. The van der Waals surface area contributed by atoms with E-state index in [2.05, 4.69) is 20.6 Å². The van der Waals surface area contributed by atoms with E-state index in [-0.39, 0.29) is 22.1 Å². The lowest BCUT2D eigenvalue weighted by Gasteiger charge is -2.22. The molecule has 0 bridgehead atoms. The maximum absolute atomic E-state index is 12.9. The molecule has 0 aliphatic rings. The minimum Gasteiger partial charge on any atom is -0.340 e. The van der Waals surface area contributed by atoms with Crippen molar-refractivity contribution in [3.05, 3.63) is 58.5 Å². The van der Waals surface area contributed by atoms with Gasteiger partial charge in [-0.05, 0) is 42.3 Å². The molecule has 11 heteroatoms. The molecule has 182 valence electrons. The van der Waals surface area contributed by atoms with Crippen LogP contribution in [-0.4, -0.2) is 53.6 Å². The molecule has 0 spiro atoms. The Hall–Kier alpha value is -3.44. The Morgan fingerprint density at radius 1 is 1.00 bits per heavy atom. The second kappa shape index (κ2) is 10.2. The fourth-order valence-electron chi connectivity index (χ4n) is 3.60. The van der Waals surface area contributed by atoms with Crippen LogP contribution in [0, 0.1) is 5.92 Å². The van der Waals surface area contributed by atoms with Crippen LogP contribution in [0.15, 0.2) is 52.2 Å². The first-order valence-electron chi connectivity index (χ1n) is 11.0. The number of fused-ring (bicyclic) bond motifs is 1. The molecule has 1 atom stereocenters. The van der Waals surface area contributed by atoms with Gasteiger partial charge in [0.1, 0.15) is 6.04 Å². The van der Waals surface area contributed by atoms with Gasteiger partial charge < -0.3 is 20.6 Å². The standard InChI is InChI=1S/C23H29N5O5S/c1-5-28(6-2)34(32,33)17-9-7-8-15(12-17)21(29)27-20(14(3)4)22(30)24-16-10-11-18-19(13-16)26-23(31)25-18/h7-14,20H,5-6H2,1-4H3,(H,24,30)(H,27,29)(H2,25,26,31)/t20-/m0/s1. The zero-order valence-electron chi connectivity index (χ0n) is 19.5. The number of amides is 2. The van der Waals surface area contributed by atoms with Gasteiger partial charge in [-0.15, -0.1) is 0 Å². The molecule has 0 saturated carbocycles. The van der Waals surface area contributed by atoms with Crippen LogP contribution in [0.5, 0.6) is 0 Å². The number of rotatable bonds is 9. The molecule has 4 N–H and O–H groups in total. The van der Waals surface area contributed by atoms with Crippen molar-refractivity contribution < 1.29 is 18.0 Å². The Morgan fingerprint density at radius 2 is 1.68 bits per heavy atom. The van der Waals surface area contributed by atoms with E-state index in [1.165, 1.54) is 28.6 Å². The van der Waals surface area contributed by atoms with Crippen LogP contribution in [0.4, 0.5) is 5.69 Å². The number of hydrogen-bond acceptors (Lipinski definition) is 5. The van der Waals surface area contributed by atoms with Crippen LogP contribution >= 0.6 is 0 Å². The average Bonchev–Trinajstić information content (AvgIpc) is 3.17. The van der Waals surface area contributed by atoms with Crippen LogP contribution in [0.3, 0.4) is 0 Å². The van der Waals surface area contributed by atoms with E-state index in [0.717, 1.165) is 0 Å². The number of nitrogens with one attached hydrogen (secondary N) is 4. The Morgan fingerprint density at radius 3 is 2.32 bits per heavy atom. The molecule has 34 heavy (non-hydrogen) atoms. The molecule has 10 nitrogen and oxygen atoms in total. The minimum atomic E-state index is -3.73. The Kier molecular flexibility index (Phi) is 7.57. The molecular formula is C23H29N5O5S. The molecule has 3 rings (SSSR count). The highest BCUT2D eigenvalue weighted by Crippen LogP contribution is 2.18. The number of carbonyl (C=O) groups excluding carboxylic acids is 2. The van der Waals surface area contributed by atoms with Crippen molar-refractivity contribution >= 4 is 38.6 Å². The molecule has 3 aromatic rings. The van der Waals surface area contributed by atoms with E-state index in [9.17, 15) is 22.8 Å². The van der Waals surface area contributed by atoms with Crippen molar-refractivity contribution in [1.82, 2.24) is 19.6 Å². The third kappa shape index (κ3) is 5.37. The van der Waals surface area contributed by atoms with Gasteiger partial charge in [0.2, 0.25) is 15.9 Å². The number of sulfonamides is 1. The quantitative estimate of drug-likeness (QED) is 0.366. The van der Waals surface area contributed by atoms with Gasteiger partial charge in [-0.2, -0.15) is 4.31 Å². The second-order valence-electron chi connectivity index (χ2n) is 8.14. The van der Waals surface area contributed by atoms with Gasteiger partial charge in [0.05, 0.1) is 15.9 Å². The molecule has 1 heterocycles. The number of anilines is 1. The average molecular weight is 488 g/mol. The third-order valence-corrected chi connectivity index (χ3v) is 7.50. The first-order valence-corrected chi connectivity index (χ1v) is 12.4. The SMILES string of the molecule is CCN(CC)S(=O)(=O)c1cccc(C(=O)N[C@H](C(=O)Nc2ccc3[nH]c(=O)[nH]c3c2)C(C)C)c1. The summed E-state index contributed by atoms with van der Waals surface area (Å²) < 4.78 is 26.9. The number of benzene rings is 2. The van der Waals surface area contributed by atoms with Gasteiger partial charge in [0.25, 0.3) is 5.91 Å². The summed E-state index contributed by atoms with van der Waals surface area (Å²) in [4.78, 5) is 42.6. The van der Waals surface area contributed by atoms with Crippen molar-refractivity contribution in [2.24, 2.45) is 5.92 Å². The Bertz CT molecular complexity index is 1360. The van der Waals surface area contributed by atoms with Gasteiger partial charge >= 0.3 is 5.69 Å². The fraction of sp³-hybridized carbons (Fsp3) is 0.348. The number of nitrogens with zero attached hydrogens (tertiary/aromatic N) is 1. The van der Waals surface area contributed by atoms with Gasteiger partial charge in [-0.25, -0.2) is 13.2 Å². The lowest BCUT2D eigenvalue weighted by atomic mass is 10.0. The predicted octanol–water partition coefficient (Wildman–Crippen LogP) is 2.28. The van der Waals surface area contributed by atoms with Crippen molar-refractivity contribution in [1.29, 1.82) is 0 Å². The van der Waals surface area contributed by atoms with Gasteiger partial charge in [0.15, 0.2) is 0 Å². The number of aromatic nitrogens is 2. The highest BCUT2D eigenvalue weighted by molar-refractivity contribution is 7.89. The summed E-state index contributed by atoms with van der Waals surface area (Å²) in [5, 5.41) is 5.46. The van der Waals surface area contributed by atoms with Gasteiger partial charge in [0, 0.05) is 24.3 Å². The number of H-pyrrole nitrogens is 2. The lowest BCUT2D eigenvalue weighted by Crippen LogP contribution is -2.47. The van der Waals surface area contributed by atoms with Crippen molar-refractivity contribution in [2.75, 3.05) is 18.4 Å². The molecule has 2 amide bonds. The lowest BCUT2D eigenvalue weighted by molar-refractivity contribution is -0.118. The monoisotopic (exact) mass is 487 g/mol. The Balaban J connectivity index is 1.79. The normalized spacial score (nSPS) is 12.8. The largest absolute Gasteiger partial charge is 0.340 e. The number of carbonyl (C=O) groups is 2. The van der Waals surface area contributed by atoms with Crippen LogP contribution in [0.1, 0.15) is 38.1 Å². The van der Waals surface area contributed by atoms with Crippen molar-refractivity contribution in [2.45, 2.75) is 38.6 Å². The Labute approximate surface area is 197 Å². The van der Waals surface area contributed by atoms with Crippen LogP contribution in [-0.2, 0) is 14.8 Å². The minimum absolute atomic E-state index is 0.0168. The van der Waals surface area contributed by atoms with Crippen molar-refractivity contribution in [3.8, 4) is 0 Å². The first-order chi connectivity index (χ1) is 16.1. The predicted molar refractivity (Wildman–Crippen MR) is 130 cm³/mol. The number of imidazole rings is 1. The van der Waals surface area contributed by atoms with E-state index < -0.39 is 27.9 Å². The summed E-state index contributed by atoms with van der Waals surface area (Å²) in [5.41, 5.74) is 1.39. The molecule has 1 aromatic heterocycles. The topological polar surface area (TPSA) is 144 Å². The summed E-state index contributed by atoms with van der Waals surface area (Å²) in [7, 11) is -3.73. The molecule has 0 aliphatic heterocycles. The summed E-state index contributed by atoms with van der Waals surface area (Å²) >= 11 is 0. The molecule has 2 aromatic carbocycles. The molecule has 0 fully saturated rings. The molecule has 0 saturated heterocycles. The van der Waals surface area contributed by atoms with Crippen LogP contribution in [0.25, 0.3) is 11.0 Å². The van der Waals surface area contributed by atoms with E-state index in [1.807, 2.05) is 0 Å². The van der Waals surface area contributed by atoms with Crippen molar-refractivity contribution in [3.63, 3.8) is 0 Å². The highest BCUT2D eigenvalue weighted by atomic mass is 32.2. The third-order valence-electron chi connectivity index (χ3n) is 5.46. The summed E-state index contributed by atoms with van der Waals surface area (Å²) in [5.74, 6) is -1.24. The number of hydrogen-bond donors (Lipinski definition) is 4. The van der Waals surface area contributed by atoms with E-state index in [1.54, 1.807) is 45.9 Å². The molecule has 0 aliphatic carbocycles. The summed E-state index contributed by atoms with van der Waals surface area (Å²) in [6.45, 7) is 7.70. The molecular weight excluding hydrogens is 458 g/mol. The smallest absolute Gasteiger partial charge is 0.323 e. The summed E-state index contributed by atoms with van der Waals surface area (Å²) in [6, 6.07) is 9.80. The second-order valence-corrected chi connectivity index (χ2v) is 10.1. The van der Waals surface area contributed by atoms with E-state index in [4.69, 9.17) is 0 Å². The summed E-state index contributed by atoms with van der Waals surface area (Å²) in [6.07, 6.45) is 0. The van der Waals surface area contributed by atoms with E-state index >= 15 is 0 Å². The van der Waals surface area contributed by atoms with Gasteiger partial charge in [-0.1, -0.05) is 33.8 Å². The zero-order chi connectivity index (χ0) is 25.0. The highest BCUT2D eigenvalue weighted by Gasteiger charge is 2.27. The van der Waals surface area contributed by atoms with Gasteiger partial charge in [-0.3, -0.25) is 9.59 Å². The van der Waals surface area contributed by atoms with E-state index in [0.29, 0.717) is 29.8 Å². The zero-order valence-corrected chi connectivity index (χ0v) is 20.3. The van der Waals surface area contributed by atoms with Crippen LogP contribution in [0.2, 0.25) is 0 Å². The first kappa shape index (κ1) is 25.2. The maximum atomic E-state index is 12.9. The fourth-order valence-corrected chi connectivity index (χ4v) is 5.10.